The summed E-state index contributed by atoms with van der Waals surface area (Å²) in [5, 5.41) is 0. The van der Waals surface area contributed by atoms with E-state index >= 15 is 0 Å². The van der Waals surface area contributed by atoms with Crippen molar-refractivity contribution in [2.45, 2.75) is 19.9 Å². The Morgan fingerprint density at radius 2 is 1.54 bits per heavy atom. The molecular weight excluding hydrogens is 294 g/mol. The third-order valence-electron chi connectivity index (χ3n) is 3.98. The molecule has 0 saturated heterocycles. The quantitative estimate of drug-likeness (QED) is 0.650. The number of nitrogens with zero attached hydrogens (tertiary/aromatic N) is 1. The molecule has 0 amide bonds. The highest BCUT2D eigenvalue weighted by Crippen LogP contribution is 2.19. The molecule has 1 aromatic heterocycles. The highest BCUT2D eigenvalue weighted by Gasteiger charge is 2.07. The van der Waals surface area contributed by atoms with Gasteiger partial charge < -0.3 is 4.57 Å². The third-order valence-corrected chi connectivity index (χ3v) is 3.98. The Bertz CT molecular complexity index is 877. The molecule has 0 N–H and O–H groups in total. The van der Waals surface area contributed by atoms with Gasteiger partial charge in [-0.3, -0.25) is 4.79 Å². The number of allylic oxidation sites excluding steroid dienone is 1. The van der Waals surface area contributed by atoms with E-state index in [1.165, 1.54) is 0 Å². The van der Waals surface area contributed by atoms with Crippen molar-refractivity contribution in [2.75, 3.05) is 0 Å². The van der Waals surface area contributed by atoms with Crippen LogP contribution in [0.25, 0.3) is 17.2 Å². The van der Waals surface area contributed by atoms with E-state index in [0.29, 0.717) is 6.54 Å². The maximum absolute atomic E-state index is 12.7. The Labute approximate surface area is 142 Å². The van der Waals surface area contributed by atoms with E-state index in [1.54, 1.807) is 6.07 Å². The summed E-state index contributed by atoms with van der Waals surface area (Å²) in [6.45, 7) is 2.68. The molecule has 0 spiro atoms. The van der Waals surface area contributed by atoms with Crippen LogP contribution < -0.4 is 5.56 Å². The second-order valence-electron chi connectivity index (χ2n) is 5.76. The summed E-state index contributed by atoms with van der Waals surface area (Å²) in [6.07, 6.45) is 5.07. The molecule has 0 radical (unpaired) electrons. The van der Waals surface area contributed by atoms with Gasteiger partial charge in [0.05, 0.1) is 6.54 Å². The number of hydrogen-bond acceptors (Lipinski definition) is 1. The Morgan fingerprint density at radius 3 is 2.21 bits per heavy atom. The predicted molar refractivity (Wildman–Crippen MR) is 101 cm³/mol. The third kappa shape index (κ3) is 3.72. The standard InChI is InChI=1S/C22H21NO/c1-2-3-14-21-15-20(19-12-8-5-9-13-19)16-22(24)23(21)17-18-10-6-4-7-11-18/h3-16H,2,17H2,1H3. The minimum absolute atomic E-state index is 0.0240. The average molecular weight is 315 g/mol. The van der Waals surface area contributed by atoms with Crippen molar-refractivity contribution in [1.82, 2.24) is 4.57 Å². The van der Waals surface area contributed by atoms with Crippen LogP contribution in [-0.4, -0.2) is 4.57 Å². The van der Waals surface area contributed by atoms with Crippen molar-refractivity contribution >= 4 is 6.08 Å². The molecule has 2 heteroatoms. The molecule has 24 heavy (non-hydrogen) atoms. The smallest absolute Gasteiger partial charge is 0.251 e. The van der Waals surface area contributed by atoms with Crippen molar-refractivity contribution in [3.63, 3.8) is 0 Å². The van der Waals surface area contributed by atoms with E-state index in [4.69, 9.17) is 0 Å². The number of pyridine rings is 1. The van der Waals surface area contributed by atoms with Gasteiger partial charge >= 0.3 is 0 Å². The fourth-order valence-corrected chi connectivity index (χ4v) is 2.73. The maximum atomic E-state index is 12.7. The molecule has 0 saturated carbocycles. The zero-order valence-corrected chi connectivity index (χ0v) is 13.9. The topological polar surface area (TPSA) is 22.0 Å². The molecule has 2 aromatic carbocycles. The SMILES string of the molecule is CCC=Cc1cc(-c2ccccc2)cc(=O)n1Cc1ccccc1. The van der Waals surface area contributed by atoms with E-state index in [-0.39, 0.29) is 5.56 Å². The fourth-order valence-electron chi connectivity index (χ4n) is 2.73. The summed E-state index contributed by atoms with van der Waals surface area (Å²) in [7, 11) is 0. The summed E-state index contributed by atoms with van der Waals surface area (Å²) in [5.74, 6) is 0. The first kappa shape index (κ1) is 16.0. The molecule has 0 unspecified atom stereocenters. The molecule has 0 bridgehead atoms. The van der Waals surface area contributed by atoms with Gasteiger partial charge in [-0.15, -0.1) is 0 Å². The van der Waals surface area contributed by atoms with E-state index in [0.717, 1.165) is 28.8 Å². The summed E-state index contributed by atoms with van der Waals surface area (Å²) in [4.78, 5) is 12.7. The zero-order chi connectivity index (χ0) is 16.8. The van der Waals surface area contributed by atoms with Crippen LogP contribution in [0.5, 0.6) is 0 Å². The molecular formula is C22H21NO. The second-order valence-corrected chi connectivity index (χ2v) is 5.76. The lowest BCUT2D eigenvalue weighted by Crippen LogP contribution is -2.22. The lowest BCUT2D eigenvalue weighted by Gasteiger charge is -2.13. The van der Waals surface area contributed by atoms with Gasteiger partial charge in [-0.25, -0.2) is 0 Å². The maximum Gasteiger partial charge on any atom is 0.251 e. The number of aromatic nitrogens is 1. The van der Waals surface area contributed by atoms with E-state index in [9.17, 15) is 4.79 Å². The molecule has 0 fully saturated rings. The molecule has 0 aliphatic heterocycles. The second kappa shape index (κ2) is 7.60. The summed E-state index contributed by atoms with van der Waals surface area (Å²) >= 11 is 0. The first-order valence-electron chi connectivity index (χ1n) is 8.28. The summed E-state index contributed by atoms with van der Waals surface area (Å²) < 4.78 is 1.83. The van der Waals surface area contributed by atoms with Gasteiger partial charge in [-0.2, -0.15) is 0 Å². The Balaban J connectivity index is 2.08. The van der Waals surface area contributed by atoms with Crippen LogP contribution in [0, 0.1) is 0 Å². The Kier molecular flexibility index (Phi) is 5.07. The van der Waals surface area contributed by atoms with Gasteiger partial charge in [0.2, 0.25) is 0 Å². The van der Waals surface area contributed by atoms with Crippen molar-refractivity contribution < 1.29 is 0 Å². The first-order chi connectivity index (χ1) is 11.8. The molecule has 1 heterocycles. The lowest BCUT2D eigenvalue weighted by molar-refractivity contribution is 0.751. The molecule has 0 aliphatic rings. The molecule has 0 aliphatic carbocycles. The van der Waals surface area contributed by atoms with Gasteiger partial charge in [0.25, 0.3) is 5.56 Å². The van der Waals surface area contributed by atoms with Gasteiger partial charge in [-0.05, 0) is 35.3 Å². The molecule has 0 atom stereocenters. The Hall–Kier alpha value is -2.87. The fraction of sp³-hybridized carbons (Fsp3) is 0.136. The highest BCUT2D eigenvalue weighted by molar-refractivity contribution is 5.66. The van der Waals surface area contributed by atoms with E-state index in [2.05, 4.69) is 19.1 Å². The largest absolute Gasteiger partial charge is 0.304 e. The van der Waals surface area contributed by atoms with Crippen molar-refractivity contribution in [2.24, 2.45) is 0 Å². The minimum atomic E-state index is 0.0240. The monoisotopic (exact) mass is 315 g/mol. The van der Waals surface area contributed by atoms with Crippen molar-refractivity contribution in [1.29, 1.82) is 0 Å². The van der Waals surface area contributed by atoms with Crippen LogP contribution in [0.1, 0.15) is 24.6 Å². The van der Waals surface area contributed by atoms with E-state index in [1.807, 2.05) is 71.3 Å². The predicted octanol–water partition coefficient (Wildman–Crippen LogP) is 4.99. The van der Waals surface area contributed by atoms with Crippen molar-refractivity contribution in [3.8, 4) is 11.1 Å². The van der Waals surface area contributed by atoms with Gasteiger partial charge in [0, 0.05) is 11.8 Å². The van der Waals surface area contributed by atoms with Gasteiger partial charge in [0.15, 0.2) is 0 Å². The number of hydrogen-bond donors (Lipinski definition) is 0. The molecule has 120 valence electrons. The molecule has 2 nitrogen and oxygen atoms in total. The normalized spacial score (nSPS) is 11.0. The van der Waals surface area contributed by atoms with Gasteiger partial charge in [0.1, 0.15) is 0 Å². The lowest BCUT2D eigenvalue weighted by atomic mass is 10.1. The van der Waals surface area contributed by atoms with Crippen LogP contribution in [0.3, 0.4) is 0 Å². The van der Waals surface area contributed by atoms with Crippen LogP contribution in [0.15, 0.2) is 83.7 Å². The van der Waals surface area contributed by atoms with Crippen LogP contribution >= 0.6 is 0 Å². The summed E-state index contributed by atoms with van der Waals surface area (Å²) in [6, 6.07) is 23.9. The average Bonchev–Trinajstić information content (AvgIpc) is 2.63. The van der Waals surface area contributed by atoms with Crippen LogP contribution in [0.2, 0.25) is 0 Å². The van der Waals surface area contributed by atoms with Gasteiger partial charge in [-0.1, -0.05) is 73.7 Å². The van der Waals surface area contributed by atoms with Crippen molar-refractivity contribution in [3.05, 3.63) is 100 Å². The molecule has 3 rings (SSSR count). The minimum Gasteiger partial charge on any atom is -0.304 e. The highest BCUT2D eigenvalue weighted by atomic mass is 16.1. The summed E-state index contributed by atoms with van der Waals surface area (Å²) in [5.41, 5.74) is 4.11. The molecule has 3 aromatic rings. The van der Waals surface area contributed by atoms with Crippen LogP contribution in [-0.2, 0) is 6.54 Å². The number of rotatable bonds is 5. The zero-order valence-electron chi connectivity index (χ0n) is 13.9. The van der Waals surface area contributed by atoms with E-state index < -0.39 is 0 Å². The first-order valence-corrected chi connectivity index (χ1v) is 8.28. The Morgan fingerprint density at radius 1 is 0.875 bits per heavy atom. The number of benzene rings is 2. The van der Waals surface area contributed by atoms with Crippen LogP contribution in [0.4, 0.5) is 0 Å².